The van der Waals surface area contributed by atoms with Crippen molar-refractivity contribution < 1.29 is 4.79 Å². The summed E-state index contributed by atoms with van der Waals surface area (Å²) in [6.45, 7) is 4.72. The highest BCUT2D eigenvalue weighted by Gasteiger charge is 2.26. The fourth-order valence-electron chi connectivity index (χ4n) is 3.37. The third-order valence-corrected chi connectivity index (χ3v) is 4.70. The Labute approximate surface area is 142 Å². The fourth-order valence-corrected chi connectivity index (χ4v) is 3.37. The van der Waals surface area contributed by atoms with Gasteiger partial charge in [0.1, 0.15) is 0 Å². The number of hydrogen-bond acceptors (Lipinski definition) is 4. The molecule has 0 saturated carbocycles. The largest absolute Gasteiger partial charge is 0.339 e. The van der Waals surface area contributed by atoms with Crippen LogP contribution in [0.2, 0.25) is 0 Å². The number of carbonyl (C=O) groups excluding carboxylic acids is 1. The third-order valence-electron chi connectivity index (χ3n) is 4.70. The Bertz CT molecular complexity index is 674. The zero-order valence-corrected chi connectivity index (χ0v) is 14.4. The second kappa shape index (κ2) is 7.57. The molecule has 0 aromatic carbocycles. The molecular formula is C18H25N5O. The van der Waals surface area contributed by atoms with E-state index in [1.807, 2.05) is 37.1 Å². The number of carbonyl (C=O) groups is 1. The van der Waals surface area contributed by atoms with Crippen molar-refractivity contribution in [2.75, 3.05) is 26.7 Å². The maximum Gasteiger partial charge on any atom is 0.257 e. The van der Waals surface area contributed by atoms with Crippen molar-refractivity contribution in [2.24, 2.45) is 5.92 Å². The van der Waals surface area contributed by atoms with E-state index in [-0.39, 0.29) is 5.91 Å². The molecule has 1 amide bonds. The molecule has 3 rings (SSSR count). The normalized spacial score (nSPS) is 15.7. The van der Waals surface area contributed by atoms with Gasteiger partial charge in [-0.05, 0) is 50.9 Å². The number of rotatable bonds is 5. The van der Waals surface area contributed by atoms with Gasteiger partial charge in [0.15, 0.2) is 5.82 Å². The van der Waals surface area contributed by atoms with E-state index in [9.17, 15) is 4.79 Å². The van der Waals surface area contributed by atoms with E-state index in [2.05, 4.69) is 15.4 Å². The number of amides is 1. The first-order valence-electron chi connectivity index (χ1n) is 8.66. The summed E-state index contributed by atoms with van der Waals surface area (Å²) in [4.78, 5) is 19.2. The van der Waals surface area contributed by atoms with Crippen LogP contribution in [-0.4, -0.2) is 52.3 Å². The van der Waals surface area contributed by atoms with Crippen LogP contribution in [0.3, 0.4) is 0 Å². The number of likely N-dealkylation sites (tertiary alicyclic amines) is 1. The Hall–Kier alpha value is -2.21. The van der Waals surface area contributed by atoms with E-state index in [4.69, 9.17) is 0 Å². The summed E-state index contributed by atoms with van der Waals surface area (Å²) in [5.41, 5.74) is 1.63. The van der Waals surface area contributed by atoms with Crippen LogP contribution in [0.5, 0.6) is 0 Å². The zero-order valence-electron chi connectivity index (χ0n) is 14.4. The highest BCUT2D eigenvalue weighted by molar-refractivity contribution is 5.95. The van der Waals surface area contributed by atoms with Gasteiger partial charge < -0.3 is 10.2 Å². The molecule has 1 saturated heterocycles. The fraction of sp³-hybridized carbons (Fsp3) is 0.500. The summed E-state index contributed by atoms with van der Waals surface area (Å²) in [7, 11) is 1.98. The molecule has 128 valence electrons. The minimum Gasteiger partial charge on any atom is -0.339 e. The molecule has 2 aromatic heterocycles. The van der Waals surface area contributed by atoms with E-state index in [1.54, 1.807) is 17.1 Å². The van der Waals surface area contributed by atoms with Gasteiger partial charge in [-0.15, -0.1) is 0 Å². The van der Waals surface area contributed by atoms with Crippen molar-refractivity contribution >= 4 is 5.91 Å². The molecule has 0 spiro atoms. The van der Waals surface area contributed by atoms with Gasteiger partial charge in [-0.25, -0.2) is 9.67 Å². The van der Waals surface area contributed by atoms with Gasteiger partial charge in [0.05, 0.1) is 17.5 Å². The van der Waals surface area contributed by atoms with Crippen LogP contribution in [0, 0.1) is 5.92 Å². The second-order valence-corrected chi connectivity index (χ2v) is 6.25. The van der Waals surface area contributed by atoms with E-state index < -0.39 is 0 Å². The number of hydrogen-bond donors (Lipinski definition) is 1. The van der Waals surface area contributed by atoms with Crippen LogP contribution < -0.4 is 5.32 Å². The Morgan fingerprint density at radius 1 is 1.33 bits per heavy atom. The van der Waals surface area contributed by atoms with Gasteiger partial charge in [-0.2, -0.15) is 5.10 Å². The molecular weight excluding hydrogens is 302 g/mol. The number of pyridine rings is 1. The number of aromatic nitrogens is 3. The van der Waals surface area contributed by atoms with Crippen molar-refractivity contribution in [1.82, 2.24) is 25.0 Å². The lowest BCUT2D eigenvalue weighted by atomic mass is 9.96. The first-order chi connectivity index (χ1) is 11.7. The van der Waals surface area contributed by atoms with Crippen LogP contribution in [0.4, 0.5) is 0 Å². The Kier molecular flexibility index (Phi) is 5.25. The summed E-state index contributed by atoms with van der Waals surface area (Å²) >= 11 is 0. The molecule has 0 bridgehead atoms. The van der Waals surface area contributed by atoms with Crippen LogP contribution in [0.25, 0.3) is 5.82 Å². The van der Waals surface area contributed by atoms with Crippen molar-refractivity contribution in [3.05, 3.63) is 41.9 Å². The van der Waals surface area contributed by atoms with Gasteiger partial charge in [0.2, 0.25) is 0 Å². The van der Waals surface area contributed by atoms with Crippen molar-refractivity contribution in [2.45, 2.75) is 26.2 Å². The van der Waals surface area contributed by atoms with Crippen LogP contribution in [-0.2, 0) is 6.42 Å². The molecule has 24 heavy (non-hydrogen) atoms. The monoisotopic (exact) mass is 327 g/mol. The molecule has 1 fully saturated rings. The van der Waals surface area contributed by atoms with Gasteiger partial charge in [-0.1, -0.05) is 13.0 Å². The molecule has 1 aliphatic heterocycles. The molecule has 1 aliphatic rings. The van der Waals surface area contributed by atoms with Gasteiger partial charge >= 0.3 is 0 Å². The van der Waals surface area contributed by atoms with Crippen LogP contribution >= 0.6 is 0 Å². The van der Waals surface area contributed by atoms with E-state index in [0.29, 0.717) is 11.5 Å². The molecule has 0 unspecified atom stereocenters. The summed E-state index contributed by atoms with van der Waals surface area (Å²) in [5.74, 6) is 1.51. The lowest BCUT2D eigenvalue weighted by Gasteiger charge is -2.32. The van der Waals surface area contributed by atoms with Crippen LogP contribution in [0.1, 0.15) is 35.8 Å². The molecule has 3 heterocycles. The summed E-state index contributed by atoms with van der Waals surface area (Å²) in [6, 6.07) is 5.71. The first kappa shape index (κ1) is 16.6. The lowest BCUT2D eigenvalue weighted by Crippen LogP contribution is -2.40. The summed E-state index contributed by atoms with van der Waals surface area (Å²) < 4.78 is 1.78. The predicted molar refractivity (Wildman–Crippen MR) is 93.3 cm³/mol. The van der Waals surface area contributed by atoms with E-state index >= 15 is 0 Å². The highest BCUT2D eigenvalue weighted by Crippen LogP contribution is 2.21. The van der Waals surface area contributed by atoms with Crippen molar-refractivity contribution in [3.8, 4) is 5.82 Å². The summed E-state index contributed by atoms with van der Waals surface area (Å²) in [5, 5.41) is 7.64. The Balaban J connectivity index is 1.78. The predicted octanol–water partition coefficient (Wildman–Crippen LogP) is 1.90. The topological polar surface area (TPSA) is 63.1 Å². The maximum absolute atomic E-state index is 12.9. The number of piperidine rings is 1. The number of nitrogens with zero attached hydrogens (tertiary/aromatic N) is 4. The standard InChI is InChI=1S/C18H25N5O/c1-3-16-15(13-21-23(16)17-6-4-5-9-20-17)18(24)22-10-7-14(8-11-22)12-19-2/h4-6,9,13-14,19H,3,7-8,10-12H2,1-2H3. The van der Waals surface area contributed by atoms with Crippen LogP contribution in [0.15, 0.2) is 30.6 Å². The SMILES string of the molecule is CCc1c(C(=O)N2CCC(CNC)CC2)cnn1-c1ccccn1. The smallest absolute Gasteiger partial charge is 0.257 e. The Morgan fingerprint density at radius 2 is 2.12 bits per heavy atom. The quantitative estimate of drug-likeness (QED) is 0.911. The minimum absolute atomic E-state index is 0.0944. The third kappa shape index (κ3) is 3.33. The average molecular weight is 327 g/mol. The molecule has 6 nitrogen and oxygen atoms in total. The Morgan fingerprint density at radius 3 is 2.75 bits per heavy atom. The maximum atomic E-state index is 12.9. The first-order valence-corrected chi connectivity index (χ1v) is 8.66. The lowest BCUT2D eigenvalue weighted by molar-refractivity contribution is 0.0690. The van der Waals surface area contributed by atoms with Crippen molar-refractivity contribution in [1.29, 1.82) is 0 Å². The summed E-state index contributed by atoms with van der Waals surface area (Å²) in [6.07, 6.45) is 6.29. The highest BCUT2D eigenvalue weighted by atomic mass is 16.2. The average Bonchev–Trinajstić information content (AvgIpc) is 3.07. The van der Waals surface area contributed by atoms with Gasteiger partial charge in [-0.3, -0.25) is 4.79 Å². The zero-order chi connectivity index (χ0) is 16.9. The van der Waals surface area contributed by atoms with E-state index in [1.165, 1.54) is 0 Å². The molecule has 0 radical (unpaired) electrons. The molecule has 0 atom stereocenters. The van der Waals surface area contributed by atoms with Gasteiger partial charge in [0, 0.05) is 19.3 Å². The molecule has 1 N–H and O–H groups in total. The molecule has 2 aromatic rings. The number of nitrogens with one attached hydrogen (secondary N) is 1. The molecule has 6 heteroatoms. The second-order valence-electron chi connectivity index (χ2n) is 6.25. The van der Waals surface area contributed by atoms with E-state index in [0.717, 1.165) is 50.4 Å². The van der Waals surface area contributed by atoms with Crippen molar-refractivity contribution in [3.63, 3.8) is 0 Å². The minimum atomic E-state index is 0.0944. The molecule has 0 aliphatic carbocycles. The van der Waals surface area contributed by atoms with Gasteiger partial charge in [0.25, 0.3) is 5.91 Å².